The highest BCUT2D eigenvalue weighted by molar-refractivity contribution is 5.95. The van der Waals surface area contributed by atoms with E-state index in [4.69, 9.17) is 0 Å². The first-order valence-corrected chi connectivity index (χ1v) is 5.91. The first kappa shape index (κ1) is 14.9. The molecule has 0 spiro atoms. The molecule has 104 valence electrons. The van der Waals surface area contributed by atoms with Gasteiger partial charge in [0.05, 0.1) is 7.11 Å². The van der Waals surface area contributed by atoms with Gasteiger partial charge < -0.3 is 15.0 Å². The minimum atomic E-state index is -0.549. The Kier molecular flexibility index (Phi) is 5.23. The Labute approximate surface area is 112 Å². The molecule has 0 aliphatic heterocycles. The lowest BCUT2D eigenvalue weighted by Crippen LogP contribution is -2.39. The fraction of sp³-hybridized carbons (Fsp3) is 0.500. The van der Waals surface area contributed by atoms with Gasteiger partial charge in [0.15, 0.2) is 0 Å². The predicted octanol–water partition coefficient (Wildman–Crippen LogP) is 0.542. The average Bonchev–Trinajstić information content (AvgIpc) is 2.45. The number of amides is 1. The molecule has 1 heterocycles. The molecule has 7 heteroatoms. The summed E-state index contributed by atoms with van der Waals surface area (Å²) in [7, 11) is 2.99. The van der Waals surface area contributed by atoms with Crippen LogP contribution in [0.15, 0.2) is 12.5 Å². The van der Waals surface area contributed by atoms with Gasteiger partial charge in [0, 0.05) is 19.8 Å². The van der Waals surface area contributed by atoms with Crippen molar-refractivity contribution in [1.82, 2.24) is 14.9 Å². The Hall–Kier alpha value is -2.18. The number of aromatic nitrogens is 2. The molecule has 19 heavy (non-hydrogen) atoms. The van der Waals surface area contributed by atoms with Crippen molar-refractivity contribution in [2.24, 2.45) is 0 Å². The molecule has 1 amide bonds. The Bertz CT molecular complexity index is 464. The van der Waals surface area contributed by atoms with E-state index < -0.39 is 12.0 Å². The van der Waals surface area contributed by atoms with E-state index in [0.29, 0.717) is 6.54 Å². The molecule has 0 aliphatic carbocycles. The van der Waals surface area contributed by atoms with Crippen LogP contribution in [0.1, 0.15) is 24.2 Å². The highest BCUT2D eigenvalue weighted by Crippen LogP contribution is 2.13. The third kappa shape index (κ3) is 3.64. The zero-order chi connectivity index (χ0) is 14.4. The first-order chi connectivity index (χ1) is 9.01. The van der Waals surface area contributed by atoms with E-state index in [1.54, 1.807) is 18.9 Å². The normalized spacial score (nSPS) is 11.6. The standard InChI is InChI=1S/C12H18N4O3/c1-5-16(3)11(17)8(2)15-10-9(12(18)19-4)6-13-7-14-10/h6-8H,5H2,1-4H3,(H,13,14,15). The molecular weight excluding hydrogens is 248 g/mol. The van der Waals surface area contributed by atoms with Crippen molar-refractivity contribution in [2.45, 2.75) is 19.9 Å². The number of rotatable bonds is 5. The Morgan fingerprint density at radius 2 is 2.21 bits per heavy atom. The van der Waals surface area contributed by atoms with Crippen molar-refractivity contribution in [1.29, 1.82) is 0 Å². The lowest BCUT2D eigenvalue weighted by molar-refractivity contribution is -0.130. The predicted molar refractivity (Wildman–Crippen MR) is 69.8 cm³/mol. The topological polar surface area (TPSA) is 84.4 Å². The molecule has 1 unspecified atom stereocenters. The monoisotopic (exact) mass is 266 g/mol. The molecule has 0 aliphatic rings. The summed E-state index contributed by atoms with van der Waals surface area (Å²) in [5, 5.41) is 2.90. The van der Waals surface area contributed by atoms with E-state index in [0.717, 1.165) is 0 Å². The van der Waals surface area contributed by atoms with Gasteiger partial charge in [0.25, 0.3) is 0 Å². The maximum Gasteiger partial charge on any atom is 0.343 e. The average molecular weight is 266 g/mol. The Morgan fingerprint density at radius 3 is 2.79 bits per heavy atom. The van der Waals surface area contributed by atoms with Gasteiger partial charge in [-0.3, -0.25) is 4.79 Å². The van der Waals surface area contributed by atoms with Crippen molar-refractivity contribution >= 4 is 17.7 Å². The highest BCUT2D eigenvalue weighted by atomic mass is 16.5. The summed E-state index contributed by atoms with van der Waals surface area (Å²) < 4.78 is 4.63. The van der Waals surface area contributed by atoms with Crippen molar-refractivity contribution < 1.29 is 14.3 Å². The van der Waals surface area contributed by atoms with Crippen LogP contribution in [-0.4, -0.2) is 53.5 Å². The second kappa shape index (κ2) is 6.67. The molecular formula is C12H18N4O3. The molecule has 0 radical (unpaired) electrons. The van der Waals surface area contributed by atoms with E-state index in [9.17, 15) is 9.59 Å². The summed E-state index contributed by atoms with van der Waals surface area (Å²) in [4.78, 5) is 32.8. The van der Waals surface area contributed by atoms with Crippen molar-refractivity contribution in [3.05, 3.63) is 18.1 Å². The second-order valence-electron chi connectivity index (χ2n) is 4.00. The smallest absolute Gasteiger partial charge is 0.343 e. The number of methoxy groups -OCH3 is 1. The van der Waals surface area contributed by atoms with E-state index in [2.05, 4.69) is 20.0 Å². The van der Waals surface area contributed by atoms with Crippen LogP contribution >= 0.6 is 0 Å². The molecule has 0 saturated heterocycles. The first-order valence-electron chi connectivity index (χ1n) is 5.91. The summed E-state index contributed by atoms with van der Waals surface area (Å²) >= 11 is 0. The molecule has 0 bridgehead atoms. The maximum atomic E-state index is 11.9. The lowest BCUT2D eigenvalue weighted by Gasteiger charge is -2.21. The van der Waals surface area contributed by atoms with Gasteiger partial charge in [-0.2, -0.15) is 0 Å². The van der Waals surface area contributed by atoms with Gasteiger partial charge in [0.1, 0.15) is 23.8 Å². The number of likely N-dealkylation sites (N-methyl/N-ethyl adjacent to an activating group) is 1. The minimum Gasteiger partial charge on any atom is -0.465 e. The summed E-state index contributed by atoms with van der Waals surface area (Å²) in [6.07, 6.45) is 2.65. The number of esters is 1. The second-order valence-corrected chi connectivity index (χ2v) is 4.00. The molecule has 1 aromatic rings. The summed E-state index contributed by atoms with van der Waals surface area (Å²) in [5.74, 6) is -0.351. The minimum absolute atomic E-state index is 0.0862. The Morgan fingerprint density at radius 1 is 1.53 bits per heavy atom. The van der Waals surface area contributed by atoms with Gasteiger partial charge in [-0.1, -0.05) is 0 Å². The Balaban J connectivity index is 2.88. The van der Waals surface area contributed by atoms with Crippen LogP contribution in [-0.2, 0) is 9.53 Å². The molecule has 1 aromatic heterocycles. The van der Waals surface area contributed by atoms with Gasteiger partial charge in [-0.05, 0) is 13.8 Å². The number of carbonyl (C=O) groups excluding carboxylic acids is 2. The van der Waals surface area contributed by atoms with Crippen LogP contribution in [0, 0.1) is 0 Å². The zero-order valence-electron chi connectivity index (χ0n) is 11.5. The van der Waals surface area contributed by atoms with E-state index in [1.165, 1.54) is 19.6 Å². The number of carbonyl (C=O) groups is 2. The SMILES string of the molecule is CCN(C)C(=O)C(C)Nc1ncncc1C(=O)OC. The fourth-order valence-corrected chi connectivity index (χ4v) is 1.46. The van der Waals surface area contributed by atoms with Gasteiger partial charge in [-0.15, -0.1) is 0 Å². The third-order valence-electron chi connectivity index (χ3n) is 2.69. The summed E-state index contributed by atoms with van der Waals surface area (Å²) in [6, 6.07) is -0.497. The highest BCUT2D eigenvalue weighted by Gasteiger charge is 2.20. The van der Waals surface area contributed by atoms with Crippen LogP contribution in [0.5, 0.6) is 0 Å². The van der Waals surface area contributed by atoms with Crippen LogP contribution < -0.4 is 5.32 Å². The van der Waals surface area contributed by atoms with Crippen LogP contribution in [0.2, 0.25) is 0 Å². The molecule has 0 saturated carbocycles. The van der Waals surface area contributed by atoms with Crippen LogP contribution in [0.25, 0.3) is 0 Å². The maximum absolute atomic E-state index is 11.9. The largest absolute Gasteiger partial charge is 0.465 e. The molecule has 1 rings (SSSR count). The number of anilines is 1. The van der Waals surface area contributed by atoms with Gasteiger partial charge in [-0.25, -0.2) is 14.8 Å². The molecule has 1 N–H and O–H groups in total. The fourth-order valence-electron chi connectivity index (χ4n) is 1.46. The van der Waals surface area contributed by atoms with E-state index in [-0.39, 0.29) is 17.3 Å². The molecule has 7 nitrogen and oxygen atoms in total. The van der Waals surface area contributed by atoms with Crippen molar-refractivity contribution in [3.63, 3.8) is 0 Å². The van der Waals surface area contributed by atoms with Gasteiger partial charge >= 0.3 is 5.97 Å². The zero-order valence-corrected chi connectivity index (χ0v) is 11.5. The molecule has 0 fully saturated rings. The number of hydrogen-bond donors (Lipinski definition) is 1. The van der Waals surface area contributed by atoms with Gasteiger partial charge in [0.2, 0.25) is 5.91 Å². The van der Waals surface area contributed by atoms with E-state index in [1.807, 2.05) is 6.92 Å². The quantitative estimate of drug-likeness (QED) is 0.783. The molecule has 1 atom stereocenters. The third-order valence-corrected chi connectivity index (χ3v) is 2.69. The van der Waals surface area contributed by atoms with E-state index >= 15 is 0 Å². The number of nitrogens with one attached hydrogen (secondary N) is 1. The summed E-state index contributed by atoms with van der Waals surface area (Å²) in [6.45, 7) is 4.20. The number of nitrogens with zero attached hydrogens (tertiary/aromatic N) is 3. The summed E-state index contributed by atoms with van der Waals surface area (Å²) in [5.41, 5.74) is 0.198. The number of ether oxygens (including phenoxy) is 1. The molecule has 0 aromatic carbocycles. The van der Waals surface area contributed by atoms with Crippen molar-refractivity contribution in [3.8, 4) is 0 Å². The van der Waals surface area contributed by atoms with Crippen molar-refractivity contribution in [2.75, 3.05) is 26.0 Å². The van der Waals surface area contributed by atoms with Crippen LogP contribution in [0.4, 0.5) is 5.82 Å². The van der Waals surface area contributed by atoms with Crippen LogP contribution in [0.3, 0.4) is 0 Å². The lowest BCUT2D eigenvalue weighted by atomic mass is 10.2. The number of hydrogen-bond acceptors (Lipinski definition) is 6.